The lowest BCUT2D eigenvalue weighted by Gasteiger charge is -2.26. The van der Waals surface area contributed by atoms with Crippen molar-refractivity contribution in [3.8, 4) is 17.0 Å². The second kappa shape index (κ2) is 8.39. The van der Waals surface area contributed by atoms with Gasteiger partial charge in [0, 0.05) is 22.7 Å². The lowest BCUT2D eigenvalue weighted by atomic mass is 9.93. The molecule has 3 aromatic rings. The van der Waals surface area contributed by atoms with E-state index in [-0.39, 0.29) is 17.7 Å². The van der Waals surface area contributed by atoms with Gasteiger partial charge >= 0.3 is 0 Å². The van der Waals surface area contributed by atoms with Crippen molar-refractivity contribution in [3.63, 3.8) is 0 Å². The van der Waals surface area contributed by atoms with Crippen molar-refractivity contribution in [1.29, 1.82) is 0 Å². The van der Waals surface area contributed by atoms with Crippen LogP contribution in [0.25, 0.3) is 11.3 Å². The number of aryl methyl sites for hydroxylation is 1. The number of unbranched alkanes of at least 4 members (excludes halogenated alkanes) is 1. The third-order valence-electron chi connectivity index (χ3n) is 6.07. The predicted molar refractivity (Wildman–Crippen MR) is 124 cm³/mol. The minimum Gasteiger partial charge on any atom is -0.507 e. The quantitative estimate of drug-likeness (QED) is 0.481. The number of H-pyrrole nitrogens is 1. The van der Waals surface area contributed by atoms with Gasteiger partial charge in [0.15, 0.2) is 0 Å². The van der Waals surface area contributed by atoms with E-state index in [1.54, 1.807) is 12.1 Å². The Bertz CT molecular complexity index is 1120. The Labute approximate surface area is 188 Å². The van der Waals surface area contributed by atoms with Crippen molar-refractivity contribution in [1.82, 2.24) is 15.1 Å². The van der Waals surface area contributed by atoms with Crippen LogP contribution < -0.4 is 0 Å². The topological polar surface area (TPSA) is 69.2 Å². The Kier molecular flexibility index (Phi) is 5.80. The van der Waals surface area contributed by atoms with E-state index in [1.165, 1.54) is 5.56 Å². The summed E-state index contributed by atoms with van der Waals surface area (Å²) in [6.45, 7) is 8.95. The Morgan fingerprint density at radius 2 is 1.94 bits per heavy atom. The Hall–Kier alpha value is -2.79. The third kappa shape index (κ3) is 3.72. The number of phenolic OH excluding ortho intramolecular Hbond substituents is 1. The first-order valence-electron chi connectivity index (χ1n) is 10.8. The van der Waals surface area contributed by atoms with Gasteiger partial charge in [-0.2, -0.15) is 5.10 Å². The summed E-state index contributed by atoms with van der Waals surface area (Å²) in [5.41, 5.74) is 5.46. The van der Waals surface area contributed by atoms with E-state index in [0.29, 0.717) is 34.4 Å². The van der Waals surface area contributed by atoms with Gasteiger partial charge in [-0.3, -0.25) is 9.89 Å². The Morgan fingerprint density at radius 3 is 2.58 bits per heavy atom. The molecule has 1 unspecified atom stereocenters. The minimum atomic E-state index is -0.261. The summed E-state index contributed by atoms with van der Waals surface area (Å²) in [6, 6.07) is 11.5. The summed E-state index contributed by atoms with van der Waals surface area (Å²) < 4.78 is 0. The Balaban J connectivity index is 1.87. The van der Waals surface area contributed by atoms with Crippen LogP contribution in [0.3, 0.4) is 0 Å². The van der Waals surface area contributed by atoms with E-state index in [4.69, 9.17) is 11.6 Å². The average Bonchev–Trinajstić information content (AvgIpc) is 3.28. The first-order valence-corrected chi connectivity index (χ1v) is 11.2. The number of phenols is 1. The van der Waals surface area contributed by atoms with Crippen LogP contribution in [0.5, 0.6) is 5.75 Å². The molecule has 1 aromatic heterocycles. The number of aromatic amines is 1. The van der Waals surface area contributed by atoms with Crippen LogP contribution >= 0.6 is 11.6 Å². The molecule has 31 heavy (non-hydrogen) atoms. The molecule has 0 saturated heterocycles. The molecule has 162 valence electrons. The molecule has 0 aliphatic carbocycles. The Morgan fingerprint density at radius 1 is 1.23 bits per heavy atom. The van der Waals surface area contributed by atoms with E-state index in [1.807, 2.05) is 11.8 Å². The number of aromatic hydroxyl groups is 1. The summed E-state index contributed by atoms with van der Waals surface area (Å²) in [7, 11) is 0. The fourth-order valence-electron chi connectivity index (χ4n) is 4.23. The summed E-state index contributed by atoms with van der Waals surface area (Å²) in [6.07, 6.45) is 1.91. The van der Waals surface area contributed by atoms with Gasteiger partial charge in [0.25, 0.3) is 5.91 Å². The van der Waals surface area contributed by atoms with Crippen molar-refractivity contribution in [3.05, 3.63) is 69.4 Å². The third-order valence-corrected chi connectivity index (χ3v) is 6.47. The maximum atomic E-state index is 13.3. The molecule has 6 heteroatoms. The van der Waals surface area contributed by atoms with Crippen molar-refractivity contribution in [2.45, 2.75) is 52.5 Å². The highest BCUT2D eigenvalue weighted by Gasteiger charge is 2.42. The van der Waals surface area contributed by atoms with Crippen molar-refractivity contribution in [2.75, 3.05) is 6.54 Å². The first kappa shape index (κ1) is 21.4. The van der Waals surface area contributed by atoms with Crippen LogP contribution in [-0.2, 0) is 0 Å². The molecule has 0 saturated carbocycles. The number of nitrogens with zero attached hydrogens (tertiary/aromatic N) is 2. The number of fused-ring (bicyclic) bond motifs is 1. The molecular formula is C25H28ClN3O2. The number of amides is 1. The van der Waals surface area contributed by atoms with Crippen LogP contribution in [-0.4, -0.2) is 32.7 Å². The number of benzene rings is 2. The second-order valence-electron chi connectivity index (χ2n) is 8.56. The van der Waals surface area contributed by atoms with Crippen LogP contribution in [0.4, 0.5) is 0 Å². The molecule has 2 heterocycles. The van der Waals surface area contributed by atoms with Gasteiger partial charge in [0.2, 0.25) is 0 Å². The monoisotopic (exact) mass is 437 g/mol. The van der Waals surface area contributed by atoms with Crippen LogP contribution in [0.1, 0.15) is 78.3 Å². The van der Waals surface area contributed by atoms with Crippen molar-refractivity contribution < 1.29 is 9.90 Å². The van der Waals surface area contributed by atoms with Gasteiger partial charge in [-0.15, -0.1) is 0 Å². The summed E-state index contributed by atoms with van der Waals surface area (Å²) in [4.78, 5) is 15.2. The van der Waals surface area contributed by atoms with E-state index in [2.05, 4.69) is 55.2 Å². The SMILES string of the molecule is CCCCN1C(=O)c2[nH]nc(-c3cc(Cl)c(C)cc3O)c2C1c1ccc(C(C)C)cc1. The molecule has 1 amide bonds. The molecule has 0 radical (unpaired) electrons. The molecule has 0 fully saturated rings. The average molecular weight is 438 g/mol. The highest BCUT2D eigenvalue weighted by atomic mass is 35.5. The zero-order chi connectivity index (χ0) is 22.3. The molecule has 1 aliphatic heterocycles. The number of carbonyl (C=O) groups excluding carboxylic acids is 1. The molecule has 1 atom stereocenters. The number of aromatic nitrogens is 2. The summed E-state index contributed by atoms with van der Waals surface area (Å²) in [5, 5.41) is 18.6. The zero-order valence-electron chi connectivity index (χ0n) is 18.4. The van der Waals surface area contributed by atoms with Crippen LogP contribution in [0.15, 0.2) is 36.4 Å². The fourth-order valence-corrected chi connectivity index (χ4v) is 4.39. The van der Waals surface area contributed by atoms with Gasteiger partial charge in [-0.1, -0.05) is 63.1 Å². The van der Waals surface area contributed by atoms with Crippen LogP contribution in [0.2, 0.25) is 5.02 Å². The molecule has 1 aliphatic rings. The molecule has 2 aromatic carbocycles. The number of carbonyl (C=O) groups is 1. The lowest BCUT2D eigenvalue weighted by molar-refractivity contribution is 0.0741. The van der Waals surface area contributed by atoms with E-state index >= 15 is 0 Å². The normalized spacial score (nSPS) is 15.7. The smallest absolute Gasteiger partial charge is 0.273 e. The predicted octanol–water partition coefficient (Wildman–Crippen LogP) is 6.21. The molecular weight excluding hydrogens is 410 g/mol. The maximum absolute atomic E-state index is 13.3. The van der Waals surface area contributed by atoms with Gasteiger partial charge in [0.05, 0.1) is 6.04 Å². The van der Waals surface area contributed by atoms with E-state index in [9.17, 15) is 9.90 Å². The summed E-state index contributed by atoms with van der Waals surface area (Å²) in [5.74, 6) is 0.476. The van der Waals surface area contributed by atoms with Gasteiger partial charge in [-0.05, 0) is 48.1 Å². The molecule has 4 rings (SSSR count). The minimum absolute atomic E-state index is 0.0576. The molecule has 0 spiro atoms. The first-order chi connectivity index (χ1) is 14.8. The highest BCUT2D eigenvalue weighted by Crippen LogP contribution is 2.45. The standard InChI is InChI=1S/C25H28ClN3O2/c1-5-6-11-29-24(17-9-7-16(8-10-17)14(2)3)21-22(27-28-23(21)25(29)31)18-13-19(26)15(4)12-20(18)30/h7-10,12-14,24,30H,5-6,11H2,1-4H3,(H,27,28). The maximum Gasteiger partial charge on any atom is 0.273 e. The fraction of sp³-hybridized carbons (Fsp3) is 0.360. The number of hydrogen-bond acceptors (Lipinski definition) is 3. The van der Waals surface area contributed by atoms with E-state index in [0.717, 1.165) is 29.5 Å². The number of halogens is 1. The van der Waals surface area contributed by atoms with Crippen molar-refractivity contribution in [2.24, 2.45) is 0 Å². The zero-order valence-corrected chi connectivity index (χ0v) is 19.1. The molecule has 5 nitrogen and oxygen atoms in total. The summed E-state index contributed by atoms with van der Waals surface area (Å²) >= 11 is 6.35. The highest BCUT2D eigenvalue weighted by molar-refractivity contribution is 6.31. The van der Waals surface area contributed by atoms with Gasteiger partial charge in [0.1, 0.15) is 17.1 Å². The van der Waals surface area contributed by atoms with Gasteiger partial charge < -0.3 is 10.0 Å². The molecule has 0 bridgehead atoms. The largest absolute Gasteiger partial charge is 0.507 e. The van der Waals surface area contributed by atoms with E-state index < -0.39 is 0 Å². The van der Waals surface area contributed by atoms with Gasteiger partial charge in [-0.25, -0.2) is 0 Å². The van der Waals surface area contributed by atoms with Crippen LogP contribution in [0, 0.1) is 6.92 Å². The lowest BCUT2D eigenvalue weighted by Crippen LogP contribution is -2.30. The second-order valence-corrected chi connectivity index (χ2v) is 8.96. The molecule has 2 N–H and O–H groups in total. The number of rotatable bonds is 6. The van der Waals surface area contributed by atoms with Crippen molar-refractivity contribution >= 4 is 17.5 Å². The number of hydrogen-bond donors (Lipinski definition) is 2. The number of nitrogens with one attached hydrogen (secondary N) is 1.